The minimum Gasteiger partial charge on any atom is -0.474 e. The maximum Gasteiger partial charge on any atom is 0.246 e. The normalized spacial score (nSPS) is 13.8. The van der Waals surface area contributed by atoms with Crippen molar-refractivity contribution in [1.82, 2.24) is 20.3 Å². The molecule has 0 aliphatic heterocycles. The van der Waals surface area contributed by atoms with Crippen molar-refractivity contribution < 1.29 is 19.0 Å². The van der Waals surface area contributed by atoms with Gasteiger partial charge in [-0.1, -0.05) is 39.7 Å². The van der Waals surface area contributed by atoms with Gasteiger partial charge in [0.05, 0.1) is 11.7 Å². The van der Waals surface area contributed by atoms with Crippen molar-refractivity contribution in [2.24, 2.45) is 5.92 Å². The van der Waals surface area contributed by atoms with E-state index in [-0.39, 0.29) is 36.7 Å². The lowest BCUT2D eigenvalue weighted by Gasteiger charge is -2.33. The second-order valence-electron chi connectivity index (χ2n) is 9.46. The molecule has 1 amide bonds. The van der Waals surface area contributed by atoms with Gasteiger partial charge in [-0.25, -0.2) is 9.97 Å². The van der Waals surface area contributed by atoms with Crippen molar-refractivity contribution in [3.8, 4) is 11.8 Å². The van der Waals surface area contributed by atoms with E-state index in [1.165, 1.54) is 6.33 Å². The lowest BCUT2D eigenvalue weighted by Crippen LogP contribution is -2.47. The minimum atomic E-state index is -0.103. The summed E-state index contributed by atoms with van der Waals surface area (Å²) in [7, 11) is 0. The Morgan fingerprint density at radius 2 is 1.81 bits per heavy atom. The number of nitrogens with one attached hydrogen (secondary N) is 1. The van der Waals surface area contributed by atoms with Crippen molar-refractivity contribution in [1.29, 1.82) is 0 Å². The van der Waals surface area contributed by atoms with E-state index >= 15 is 0 Å². The number of ether oxygens (including phenoxy) is 3. The zero-order valence-corrected chi connectivity index (χ0v) is 23.0. The van der Waals surface area contributed by atoms with E-state index in [1.807, 2.05) is 39.8 Å². The van der Waals surface area contributed by atoms with Crippen LogP contribution in [0.2, 0.25) is 0 Å². The summed E-state index contributed by atoms with van der Waals surface area (Å²) in [6, 6.07) is 3.87. The summed E-state index contributed by atoms with van der Waals surface area (Å²) in [6.45, 7) is 14.6. The highest BCUT2D eigenvalue weighted by Gasteiger charge is 2.31. The molecule has 1 N–H and O–H groups in total. The number of carbonyl (C=O) groups excluding carboxylic acids is 1. The van der Waals surface area contributed by atoms with Crippen molar-refractivity contribution in [2.45, 2.75) is 105 Å². The lowest BCUT2D eigenvalue weighted by molar-refractivity contribution is -0.128. The number of hydrogen-bond donors (Lipinski definition) is 1. The molecule has 8 heteroatoms. The van der Waals surface area contributed by atoms with Gasteiger partial charge in [0.2, 0.25) is 17.7 Å². The van der Waals surface area contributed by atoms with E-state index < -0.39 is 0 Å². The number of amides is 1. The van der Waals surface area contributed by atoms with Gasteiger partial charge in [-0.3, -0.25) is 9.78 Å². The topological polar surface area (TPSA) is 95.5 Å². The first-order chi connectivity index (χ1) is 17.3. The summed E-state index contributed by atoms with van der Waals surface area (Å²) < 4.78 is 18.1. The van der Waals surface area contributed by atoms with Crippen LogP contribution in [-0.4, -0.2) is 45.7 Å². The number of pyridine rings is 1. The SMILES string of the molecule is CCCCC(Oc1ncnc(OCc2cccnc2C)c1C)C(CC)C(CC)NC(=O)COC(C)C. The lowest BCUT2D eigenvalue weighted by atomic mass is 9.86. The molecule has 0 fully saturated rings. The first kappa shape index (κ1) is 29.5. The van der Waals surface area contributed by atoms with Crippen LogP contribution in [0.25, 0.3) is 0 Å². The Labute approximate surface area is 216 Å². The molecule has 0 spiro atoms. The third-order valence-corrected chi connectivity index (χ3v) is 6.38. The van der Waals surface area contributed by atoms with E-state index in [1.54, 1.807) is 6.20 Å². The molecule has 3 unspecified atom stereocenters. The number of rotatable bonds is 16. The fourth-order valence-corrected chi connectivity index (χ4v) is 4.22. The van der Waals surface area contributed by atoms with Gasteiger partial charge in [-0.15, -0.1) is 0 Å². The molecule has 36 heavy (non-hydrogen) atoms. The summed E-state index contributed by atoms with van der Waals surface area (Å²) in [4.78, 5) is 25.6. The molecule has 0 saturated carbocycles. The number of nitrogens with zero attached hydrogens (tertiary/aromatic N) is 3. The summed E-state index contributed by atoms with van der Waals surface area (Å²) in [5.74, 6) is 1.05. The summed E-state index contributed by atoms with van der Waals surface area (Å²) in [6.07, 6.45) is 7.78. The van der Waals surface area contributed by atoms with Gasteiger partial charge in [0.1, 0.15) is 25.6 Å². The Morgan fingerprint density at radius 1 is 1.06 bits per heavy atom. The molecule has 3 atom stereocenters. The van der Waals surface area contributed by atoms with Crippen LogP contribution in [0.5, 0.6) is 11.8 Å². The summed E-state index contributed by atoms with van der Waals surface area (Å²) in [5.41, 5.74) is 2.70. The third-order valence-electron chi connectivity index (χ3n) is 6.38. The van der Waals surface area contributed by atoms with Gasteiger partial charge in [-0.05, 0) is 53.0 Å². The largest absolute Gasteiger partial charge is 0.474 e. The summed E-state index contributed by atoms with van der Waals surface area (Å²) in [5, 5.41) is 3.18. The van der Waals surface area contributed by atoms with Crippen LogP contribution >= 0.6 is 0 Å². The predicted molar refractivity (Wildman–Crippen MR) is 141 cm³/mol. The van der Waals surface area contributed by atoms with Gasteiger partial charge >= 0.3 is 0 Å². The van der Waals surface area contributed by atoms with Gasteiger partial charge in [0.25, 0.3) is 0 Å². The van der Waals surface area contributed by atoms with E-state index in [0.717, 1.165) is 48.9 Å². The molecule has 0 radical (unpaired) electrons. The first-order valence-corrected chi connectivity index (χ1v) is 13.2. The van der Waals surface area contributed by atoms with E-state index in [2.05, 4.69) is 41.0 Å². The van der Waals surface area contributed by atoms with Crippen LogP contribution in [-0.2, 0) is 16.1 Å². The highest BCUT2D eigenvalue weighted by atomic mass is 16.5. The Balaban J connectivity index is 2.18. The fraction of sp³-hybridized carbons (Fsp3) is 0.643. The van der Waals surface area contributed by atoms with E-state index in [9.17, 15) is 4.79 Å². The molecule has 0 aliphatic rings. The number of unbranched alkanes of at least 4 members (excludes halogenated alkanes) is 1. The molecule has 8 nitrogen and oxygen atoms in total. The van der Waals surface area contributed by atoms with Crippen LogP contribution in [0.3, 0.4) is 0 Å². The smallest absolute Gasteiger partial charge is 0.246 e. The van der Waals surface area contributed by atoms with Crippen molar-refractivity contribution in [3.63, 3.8) is 0 Å². The van der Waals surface area contributed by atoms with Crippen molar-refractivity contribution in [3.05, 3.63) is 41.5 Å². The molecule has 0 aliphatic carbocycles. The van der Waals surface area contributed by atoms with Crippen LogP contribution in [0.1, 0.15) is 83.5 Å². The van der Waals surface area contributed by atoms with Gasteiger partial charge in [0, 0.05) is 29.4 Å². The fourth-order valence-electron chi connectivity index (χ4n) is 4.22. The standard InChI is InChI=1S/C28H44N4O4/c1-8-11-14-25(23(9-2)24(10-3)32-26(33)17-34-19(4)5)36-28-20(6)27(30-18-31-28)35-16-22-13-12-15-29-21(22)7/h12-13,15,18-19,23-25H,8-11,14,16-17H2,1-7H3,(H,32,33). The van der Waals surface area contributed by atoms with Crippen LogP contribution < -0.4 is 14.8 Å². The zero-order valence-electron chi connectivity index (χ0n) is 23.0. The van der Waals surface area contributed by atoms with Gasteiger partial charge in [0.15, 0.2) is 0 Å². The zero-order chi connectivity index (χ0) is 26.5. The average molecular weight is 501 g/mol. The molecule has 2 aromatic heterocycles. The molecule has 0 bridgehead atoms. The average Bonchev–Trinajstić information content (AvgIpc) is 2.86. The number of aromatic nitrogens is 3. The maximum atomic E-state index is 12.5. The maximum absolute atomic E-state index is 12.5. The highest BCUT2D eigenvalue weighted by Crippen LogP contribution is 2.29. The molecule has 2 aromatic rings. The van der Waals surface area contributed by atoms with Crippen LogP contribution in [0.4, 0.5) is 0 Å². The molecule has 2 heterocycles. The first-order valence-electron chi connectivity index (χ1n) is 13.2. The highest BCUT2D eigenvalue weighted by molar-refractivity contribution is 5.77. The Morgan fingerprint density at radius 3 is 2.44 bits per heavy atom. The Kier molecular flexibility index (Phi) is 12.6. The minimum absolute atomic E-state index is 0.0117. The monoisotopic (exact) mass is 500 g/mol. The number of hydrogen-bond acceptors (Lipinski definition) is 7. The molecule has 200 valence electrons. The van der Waals surface area contributed by atoms with E-state index in [4.69, 9.17) is 14.2 Å². The quantitative estimate of drug-likeness (QED) is 0.332. The second kappa shape index (κ2) is 15.4. The molecule has 0 aromatic carbocycles. The second-order valence-corrected chi connectivity index (χ2v) is 9.46. The van der Waals surface area contributed by atoms with Crippen molar-refractivity contribution >= 4 is 5.91 Å². The summed E-state index contributed by atoms with van der Waals surface area (Å²) >= 11 is 0. The molecular weight excluding hydrogens is 456 g/mol. The van der Waals surface area contributed by atoms with E-state index in [0.29, 0.717) is 18.4 Å². The Hall–Kier alpha value is -2.74. The van der Waals surface area contributed by atoms with Crippen molar-refractivity contribution in [2.75, 3.05) is 6.61 Å². The van der Waals surface area contributed by atoms with Crippen LogP contribution in [0, 0.1) is 19.8 Å². The molecule has 2 rings (SSSR count). The molecule has 0 saturated heterocycles. The number of carbonyl (C=O) groups is 1. The van der Waals surface area contributed by atoms with Gasteiger partial charge < -0.3 is 19.5 Å². The third kappa shape index (κ3) is 9.04. The number of aryl methyl sites for hydroxylation is 1. The molecular formula is C28H44N4O4. The predicted octanol–water partition coefficient (Wildman–Crippen LogP) is 5.35. The van der Waals surface area contributed by atoms with Gasteiger partial charge in [-0.2, -0.15) is 0 Å². The van der Waals surface area contributed by atoms with Crippen LogP contribution in [0.15, 0.2) is 24.7 Å². The Bertz CT molecular complexity index is 938.